The molecule has 35 heavy (non-hydrogen) atoms. The molecule has 0 aliphatic carbocycles. The zero-order chi connectivity index (χ0) is 25.5. The van der Waals surface area contributed by atoms with Gasteiger partial charge in [0.2, 0.25) is 0 Å². The number of rotatable bonds is 1. The fourth-order valence-electron chi connectivity index (χ4n) is 5.19. The third-order valence-corrected chi connectivity index (χ3v) is 8.74. The van der Waals surface area contributed by atoms with Crippen LogP contribution >= 0.6 is 11.3 Å². The molecular formula is C27H37NO6S. The van der Waals surface area contributed by atoms with Gasteiger partial charge in [-0.15, -0.1) is 11.3 Å². The van der Waals surface area contributed by atoms with Gasteiger partial charge in [0.25, 0.3) is 0 Å². The molecule has 8 heteroatoms. The van der Waals surface area contributed by atoms with Gasteiger partial charge in [-0.25, -0.2) is 4.98 Å². The first-order valence-electron chi connectivity index (χ1n) is 12.6. The van der Waals surface area contributed by atoms with E-state index in [0.29, 0.717) is 6.42 Å². The lowest BCUT2D eigenvalue weighted by Crippen LogP contribution is -2.45. The smallest absolute Gasteiger partial charge is 0.309 e. The lowest BCUT2D eigenvalue weighted by Gasteiger charge is -2.34. The van der Waals surface area contributed by atoms with Crippen molar-refractivity contribution in [2.24, 2.45) is 17.3 Å². The Bertz CT molecular complexity index is 1080. The summed E-state index contributed by atoms with van der Waals surface area (Å²) in [6.45, 7) is 8.87. The number of thiazole rings is 1. The van der Waals surface area contributed by atoms with E-state index < -0.39 is 35.6 Å². The van der Waals surface area contributed by atoms with Crippen LogP contribution in [0.25, 0.3) is 10.2 Å². The van der Waals surface area contributed by atoms with Crippen molar-refractivity contribution in [3.8, 4) is 0 Å². The summed E-state index contributed by atoms with van der Waals surface area (Å²) in [4.78, 5) is 30.7. The molecule has 1 aromatic heterocycles. The largest absolute Gasteiger partial charge is 0.457 e. The first-order valence-corrected chi connectivity index (χ1v) is 13.4. The molecule has 2 aliphatic rings. The molecule has 2 saturated heterocycles. The monoisotopic (exact) mass is 503 g/mol. The molecule has 192 valence electrons. The van der Waals surface area contributed by atoms with E-state index in [9.17, 15) is 19.8 Å². The molecule has 4 rings (SSSR count). The maximum Gasteiger partial charge on any atom is 0.309 e. The van der Waals surface area contributed by atoms with Crippen molar-refractivity contribution in [1.82, 2.24) is 4.98 Å². The quantitative estimate of drug-likeness (QED) is 0.435. The van der Waals surface area contributed by atoms with Crippen LogP contribution in [0.5, 0.6) is 0 Å². The maximum atomic E-state index is 13.2. The second kappa shape index (κ2) is 10.2. The topological polar surface area (TPSA) is 109 Å². The average molecular weight is 504 g/mol. The van der Waals surface area contributed by atoms with Crippen LogP contribution in [-0.4, -0.2) is 51.4 Å². The van der Waals surface area contributed by atoms with E-state index >= 15 is 0 Å². The van der Waals surface area contributed by atoms with E-state index in [1.807, 2.05) is 32.0 Å². The van der Waals surface area contributed by atoms with Crippen molar-refractivity contribution < 1.29 is 29.3 Å². The molecule has 0 saturated carbocycles. The summed E-state index contributed by atoms with van der Waals surface area (Å²) in [5, 5.41) is 22.6. The van der Waals surface area contributed by atoms with Crippen LogP contribution in [0.3, 0.4) is 0 Å². The van der Waals surface area contributed by atoms with Crippen LogP contribution < -0.4 is 0 Å². The van der Waals surface area contributed by atoms with Gasteiger partial charge in [0, 0.05) is 12.3 Å². The number of aromatic nitrogens is 1. The minimum Gasteiger partial charge on any atom is -0.457 e. The number of Topliss-reactive ketones (excluding diaryl/α,β-unsaturated/α-hetero) is 1. The van der Waals surface area contributed by atoms with Crippen LogP contribution in [0, 0.1) is 24.2 Å². The number of hydrogen-bond acceptors (Lipinski definition) is 8. The highest BCUT2D eigenvalue weighted by Crippen LogP contribution is 2.39. The van der Waals surface area contributed by atoms with Gasteiger partial charge in [-0.2, -0.15) is 0 Å². The summed E-state index contributed by atoms with van der Waals surface area (Å²) in [5.41, 5.74) is 0.518. The molecule has 2 aliphatic heterocycles. The van der Waals surface area contributed by atoms with E-state index in [4.69, 9.17) is 9.47 Å². The predicted molar refractivity (Wildman–Crippen MR) is 134 cm³/mol. The SMILES string of the molecule is Cc1nc2cc([C@@H]3C[C@@H]4O[C@@H]4CCC[C@H](C)[C@H](O)[C@@H](C)C(=O)C(C)(C)[C@@H](O)CC(=O)O3)ccc2s1. The Labute approximate surface area is 210 Å². The fourth-order valence-corrected chi connectivity index (χ4v) is 6.00. The second-order valence-corrected chi connectivity index (χ2v) is 12.1. The number of aliphatic hydroxyl groups is 2. The molecule has 1 aromatic carbocycles. The number of carbonyl (C=O) groups is 2. The Morgan fingerprint density at radius 2 is 1.86 bits per heavy atom. The molecule has 2 aromatic rings. The first kappa shape index (κ1) is 26.2. The molecule has 0 spiro atoms. The summed E-state index contributed by atoms with van der Waals surface area (Å²) in [6.07, 6.45) is 0.278. The number of esters is 1. The molecule has 3 heterocycles. The number of benzene rings is 1. The number of aliphatic hydroxyl groups excluding tert-OH is 2. The van der Waals surface area contributed by atoms with Crippen LogP contribution in [0.15, 0.2) is 18.2 Å². The van der Waals surface area contributed by atoms with Gasteiger partial charge in [-0.05, 0) is 43.4 Å². The number of ether oxygens (including phenoxy) is 2. The molecular weight excluding hydrogens is 466 g/mol. The van der Waals surface area contributed by atoms with Crippen LogP contribution in [0.1, 0.15) is 76.5 Å². The summed E-state index contributed by atoms with van der Waals surface area (Å²) < 4.78 is 12.9. The van der Waals surface area contributed by atoms with Gasteiger partial charge in [-0.1, -0.05) is 40.2 Å². The Hall–Kier alpha value is -1.87. The highest BCUT2D eigenvalue weighted by molar-refractivity contribution is 7.18. The van der Waals surface area contributed by atoms with Crippen LogP contribution in [0.4, 0.5) is 0 Å². The van der Waals surface area contributed by atoms with Crippen molar-refractivity contribution in [2.75, 3.05) is 0 Å². The Kier molecular flexibility index (Phi) is 7.67. The minimum atomic E-state index is -1.23. The number of aryl methyl sites for hydroxylation is 1. The summed E-state index contributed by atoms with van der Waals surface area (Å²) in [6, 6.07) is 5.92. The van der Waals surface area contributed by atoms with Crippen LogP contribution in [0.2, 0.25) is 0 Å². The molecule has 2 fully saturated rings. The zero-order valence-electron chi connectivity index (χ0n) is 21.2. The van der Waals surface area contributed by atoms with Crippen molar-refractivity contribution >= 4 is 33.3 Å². The van der Waals surface area contributed by atoms with Crippen molar-refractivity contribution in [2.45, 2.75) is 97.2 Å². The van der Waals surface area contributed by atoms with E-state index in [1.54, 1.807) is 32.1 Å². The molecule has 0 radical (unpaired) electrons. The summed E-state index contributed by atoms with van der Waals surface area (Å²) in [7, 11) is 0. The van der Waals surface area contributed by atoms with E-state index in [2.05, 4.69) is 4.98 Å². The van der Waals surface area contributed by atoms with Crippen molar-refractivity contribution in [3.63, 3.8) is 0 Å². The molecule has 0 unspecified atom stereocenters. The van der Waals surface area contributed by atoms with E-state index in [0.717, 1.165) is 40.1 Å². The summed E-state index contributed by atoms with van der Waals surface area (Å²) >= 11 is 1.62. The number of fused-ring (bicyclic) bond motifs is 2. The molecule has 7 atom stereocenters. The Balaban J connectivity index is 1.58. The van der Waals surface area contributed by atoms with Gasteiger partial charge in [0.05, 0.1) is 51.5 Å². The normalized spacial score (nSPS) is 34.9. The highest BCUT2D eigenvalue weighted by atomic mass is 32.1. The Morgan fingerprint density at radius 1 is 1.11 bits per heavy atom. The predicted octanol–water partition coefficient (Wildman–Crippen LogP) is 4.51. The van der Waals surface area contributed by atoms with Gasteiger partial charge in [0.15, 0.2) is 0 Å². The van der Waals surface area contributed by atoms with Gasteiger partial charge in [-0.3, -0.25) is 9.59 Å². The standard InChI is InChI=1S/C27H37NO6S/c1-14-7-6-8-19-21(33-19)12-20(17-9-10-22-18(11-17)28-16(3)35-22)34-24(30)13-23(29)27(4,5)26(32)15(2)25(14)31/h9-11,14-15,19-21,23,25,29,31H,6-8,12-13H2,1-5H3/t14-,15+,19+,20-,21-,23-,25-/m0/s1. The summed E-state index contributed by atoms with van der Waals surface area (Å²) in [5.74, 6) is -1.53. The first-order chi connectivity index (χ1) is 16.5. The zero-order valence-corrected chi connectivity index (χ0v) is 22.0. The second-order valence-electron chi connectivity index (χ2n) is 10.9. The van der Waals surface area contributed by atoms with Gasteiger partial charge in [0.1, 0.15) is 11.9 Å². The lowest BCUT2D eigenvalue weighted by atomic mass is 9.73. The van der Waals surface area contributed by atoms with Crippen LogP contribution in [-0.2, 0) is 19.1 Å². The lowest BCUT2D eigenvalue weighted by molar-refractivity contribution is -0.156. The minimum absolute atomic E-state index is 0.00401. The van der Waals surface area contributed by atoms with Gasteiger partial charge >= 0.3 is 5.97 Å². The number of nitrogens with zero attached hydrogens (tertiary/aromatic N) is 1. The molecule has 0 bridgehead atoms. The molecule has 7 nitrogen and oxygen atoms in total. The molecule has 0 amide bonds. The van der Waals surface area contributed by atoms with Gasteiger partial charge < -0.3 is 19.7 Å². The highest BCUT2D eigenvalue weighted by Gasteiger charge is 2.44. The number of epoxide rings is 1. The number of cyclic esters (lactones) is 1. The Morgan fingerprint density at radius 3 is 2.60 bits per heavy atom. The number of carbonyl (C=O) groups excluding carboxylic acids is 2. The average Bonchev–Trinajstić information content (AvgIpc) is 3.42. The number of hydrogen-bond donors (Lipinski definition) is 2. The molecule has 2 N–H and O–H groups in total. The number of ketones is 1. The maximum absolute atomic E-state index is 13.2. The van der Waals surface area contributed by atoms with Crippen molar-refractivity contribution in [1.29, 1.82) is 0 Å². The van der Waals surface area contributed by atoms with E-state index in [1.165, 1.54) is 0 Å². The third kappa shape index (κ3) is 5.77. The third-order valence-electron chi connectivity index (χ3n) is 7.78. The van der Waals surface area contributed by atoms with E-state index in [-0.39, 0.29) is 30.3 Å². The van der Waals surface area contributed by atoms with Crippen molar-refractivity contribution in [3.05, 3.63) is 28.8 Å². The fraction of sp³-hybridized carbons (Fsp3) is 0.667.